The molecule has 3 amide bonds. The molecule has 10 N–H and O–H groups in total. The largest absolute Gasteiger partial charge is 0.508 e. The molecule has 13 heteroatoms. The number of carboxylic acids is 1. The molecule has 1 heterocycles. The fraction of sp³-hybridized carbons (Fsp3) is 0.500. The lowest BCUT2D eigenvalue weighted by atomic mass is 10.1. The second-order valence-electron chi connectivity index (χ2n) is 8.21. The Morgan fingerprint density at radius 3 is 2.43 bits per heavy atom. The lowest BCUT2D eigenvalue weighted by molar-refractivity contribution is -0.141. The van der Waals surface area contributed by atoms with Crippen molar-refractivity contribution in [2.24, 2.45) is 16.5 Å². The van der Waals surface area contributed by atoms with Crippen LogP contribution in [0.2, 0.25) is 0 Å². The summed E-state index contributed by atoms with van der Waals surface area (Å²) in [6.07, 6.45) is 2.16. The number of carboxylic acid groups (broad SMARTS) is 1. The smallest absolute Gasteiger partial charge is 0.326 e. The van der Waals surface area contributed by atoms with Gasteiger partial charge in [-0.1, -0.05) is 12.1 Å². The predicted octanol–water partition coefficient (Wildman–Crippen LogP) is -2.09. The van der Waals surface area contributed by atoms with Crippen LogP contribution in [0.15, 0.2) is 29.3 Å². The van der Waals surface area contributed by atoms with Crippen molar-refractivity contribution in [2.45, 2.75) is 50.2 Å². The number of benzene rings is 1. The number of guanidine groups is 1. The SMILES string of the molecule is NC(N)=NCCCC(NC(=O)C1CCCN1)C(=O)NCC(=O)NC(Cc1ccc(O)cc1)C(=O)O. The fourth-order valence-corrected chi connectivity index (χ4v) is 3.56. The van der Waals surface area contributed by atoms with E-state index in [1.54, 1.807) is 12.1 Å². The summed E-state index contributed by atoms with van der Waals surface area (Å²) in [6.45, 7) is 0.510. The molecule has 0 spiro atoms. The molecule has 192 valence electrons. The van der Waals surface area contributed by atoms with Crippen LogP contribution in [0, 0.1) is 0 Å². The number of hydrogen-bond donors (Lipinski definition) is 8. The van der Waals surface area contributed by atoms with Crippen LogP contribution < -0.4 is 32.7 Å². The van der Waals surface area contributed by atoms with Crippen molar-refractivity contribution in [3.8, 4) is 5.75 Å². The van der Waals surface area contributed by atoms with E-state index in [0.717, 1.165) is 6.42 Å². The maximum atomic E-state index is 12.7. The molecule has 3 unspecified atom stereocenters. The van der Waals surface area contributed by atoms with E-state index in [9.17, 15) is 29.4 Å². The van der Waals surface area contributed by atoms with Gasteiger partial charge in [0.2, 0.25) is 17.7 Å². The maximum Gasteiger partial charge on any atom is 0.326 e. The van der Waals surface area contributed by atoms with Crippen LogP contribution in [-0.4, -0.2) is 77.6 Å². The Morgan fingerprint density at radius 2 is 1.83 bits per heavy atom. The summed E-state index contributed by atoms with van der Waals surface area (Å²) in [5.74, 6) is -2.88. The summed E-state index contributed by atoms with van der Waals surface area (Å²) >= 11 is 0. The monoisotopic (exact) mass is 491 g/mol. The van der Waals surface area contributed by atoms with E-state index in [1.165, 1.54) is 12.1 Å². The highest BCUT2D eigenvalue weighted by atomic mass is 16.4. The molecule has 1 aliphatic rings. The Labute approximate surface area is 202 Å². The van der Waals surface area contributed by atoms with Crippen LogP contribution in [0.1, 0.15) is 31.2 Å². The Hall–Kier alpha value is -3.87. The molecule has 2 rings (SSSR count). The number of aliphatic carboxylic acids is 1. The summed E-state index contributed by atoms with van der Waals surface area (Å²) in [6, 6.07) is 3.40. The number of carbonyl (C=O) groups is 4. The normalized spacial score (nSPS) is 16.5. The van der Waals surface area contributed by atoms with Gasteiger partial charge in [-0.15, -0.1) is 0 Å². The lowest BCUT2D eigenvalue weighted by Crippen LogP contribution is -2.53. The molecule has 1 fully saturated rings. The van der Waals surface area contributed by atoms with Gasteiger partial charge in [-0.25, -0.2) is 4.79 Å². The highest BCUT2D eigenvalue weighted by Gasteiger charge is 2.28. The Morgan fingerprint density at radius 1 is 1.11 bits per heavy atom. The van der Waals surface area contributed by atoms with Crippen molar-refractivity contribution in [1.29, 1.82) is 0 Å². The van der Waals surface area contributed by atoms with Crippen molar-refractivity contribution in [1.82, 2.24) is 21.3 Å². The van der Waals surface area contributed by atoms with Gasteiger partial charge in [0.25, 0.3) is 0 Å². The zero-order chi connectivity index (χ0) is 25.8. The average molecular weight is 492 g/mol. The van der Waals surface area contributed by atoms with Gasteiger partial charge in [-0.3, -0.25) is 19.4 Å². The molecule has 3 atom stereocenters. The summed E-state index contributed by atoms with van der Waals surface area (Å²) in [5.41, 5.74) is 11.2. The molecule has 1 saturated heterocycles. The number of amides is 3. The zero-order valence-electron chi connectivity index (χ0n) is 19.3. The molecular formula is C22H33N7O6. The predicted molar refractivity (Wildman–Crippen MR) is 127 cm³/mol. The van der Waals surface area contributed by atoms with Crippen LogP contribution >= 0.6 is 0 Å². The molecule has 0 aromatic heterocycles. The van der Waals surface area contributed by atoms with Crippen LogP contribution in [0.5, 0.6) is 5.75 Å². The van der Waals surface area contributed by atoms with Gasteiger partial charge in [0, 0.05) is 13.0 Å². The number of phenols is 1. The first kappa shape index (κ1) is 27.4. The van der Waals surface area contributed by atoms with Crippen molar-refractivity contribution in [3.05, 3.63) is 29.8 Å². The number of hydrogen-bond acceptors (Lipinski definition) is 7. The van der Waals surface area contributed by atoms with E-state index in [2.05, 4.69) is 26.3 Å². The molecule has 1 aliphatic heterocycles. The van der Waals surface area contributed by atoms with Crippen LogP contribution in [0.25, 0.3) is 0 Å². The van der Waals surface area contributed by atoms with Crippen molar-refractivity contribution < 1.29 is 29.4 Å². The summed E-state index contributed by atoms with van der Waals surface area (Å²) < 4.78 is 0. The summed E-state index contributed by atoms with van der Waals surface area (Å²) in [5, 5.41) is 29.3. The van der Waals surface area contributed by atoms with E-state index in [1.807, 2.05) is 0 Å². The van der Waals surface area contributed by atoms with Gasteiger partial charge in [-0.2, -0.15) is 0 Å². The topological polar surface area (TPSA) is 221 Å². The number of nitrogens with two attached hydrogens (primary N) is 2. The third kappa shape index (κ3) is 9.88. The second-order valence-corrected chi connectivity index (χ2v) is 8.21. The minimum Gasteiger partial charge on any atom is -0.508 e. The Kier molecular flexibility index (Phi) is 10.8. The molecule has 0 aliphatic carbocycles. The quantitative estimate of drug-likeness (QED) is 0.0859. The first-order valence-electron chi connectivity index (χ1n) is 11.3. The van der Waals surface area contributed by atoms with Gasteiger partial charge in [0.15, 0.2) is 5.96 Å². The number of rotatable bonds is 13. The fourth-order valence-electron chi connectivity index (χ4n) is 3.56. The standard InChI is InChI=1S/C22H33N7O6/c23-22(24)26-10-2-4-16(29-20(33)15-3-1-9-25-15)19(32)27-12-18(31)28-17(21(34)35)11-13-5-7-14(30)8-6-13/h5-8,15-17,25,30H,1-4,9-12H2,(H,27,32)(H,28,31)(H,29,33)(H,34,35)(H4,23,24,26). The molecule has 0 radical (unpaired) electrons. The van der Waals surface area contributed by atoms with Crippen LogP contribution in [0.4, 0.5) is 0 Å². The van der Waals surface area contributed by atoms with E-state index < -0.39 is 36.4 Å². The number of nitrogens with zero attached hydrogens (tertiary/aromatic N) is 1. The van der Waals surface area contributed by atoms with Gasteiger partial charge in [0.05, 0.1) is 12.6 Å². The van der Waals surface area contributed by atoms with Gasteiger partial charge < -0.3 is 42.9 Å². The molecular weight excluding hydrogens is 458 g/mol. The van der Waals surface area contributed by atoms with E-state index >= 15 is 0 Å². The van der Waals surface area contributed by atoms with E-state index in [4.69, 9.17) is 11.5 Å². The molecule has 35 heavy (non-hydrogen) atoms. The summed E-state index contributed by atoms with van der Waals surface area (Å²) in [7, 11) is 0. The lowest BCUT2D eigenvalue weighted by Gasteiger charge is -2.21. The first-order valence-corrected chi connectivity index (χ1v) is 11.3. The molecule has 1 aromatic carbocycles. The van der Waals surface area contributed by atoms with Crippen molar-refractivity contribution in [3.63, 3.8) is 0 Å². The zero-order valence-corrected chi connectivity index (χ0v) is 19.3. The van der Waals surface area contributed by atoms with E-state index in [0.29, 0.717) is 24.9 Å². The number of aliphatic imine (C=N–C) groups is 1. The number of carbonyl (C=O) groups excluding carboxylic acids is 3. The average Bonchev–Trinajstić information content (AvgIpc) is 3.35. The first-order chi connectivity index (χ1) is 16.7. The minimum atomic E-state index is -1.24. The Balaban J connectivity index is 1.91. The second kappa shape index (κ2) is 13.7. The molecule has 1 aromatic rings. The third-order valence-corrected chi connectivity index (χ3v) is 5.39. The van der Waals surface area contributed by atoms with Crippen molar-refractivity contribution >= 4 is 29.7 Å². The molecule has 13 nitrogen and oxygen atoms in total. The number of aromatic hydroxyl groups is 1. The van der Waals surface area contributed by atoms with Crippen molar-refractivity contribution in [2.75, 3.05) is 19.6 Å². The highest BCUT2D eigenvalue weighted by Crippen LogP contribution is 2.11. The van der Waals surface area contributed by atoms with Crippen LogP contribution in [-0.2, 0) is 25.6 Å². The number of nitrogens with one attached hydrogen (secondary N) is 4. The van der Waals surface area contributed by atoms with E-state index in [-0.39, 0.29) is 43.0 Å². The number of phenolic OH excluding ortho intramolecular Hbond substituents is 1. The van der Waals surface area contributed by atoms with Gasteiger partial charge in [0.1, 0.15) is 17.8 Å². The molecule has 0 saturated carbocycles. The third-order valence-electron chi connectivity index (χ3n) is 5.39. The minimum absolute atomic E-state index is 0.00678. The van der Waals surface area contributed by atoms with Crippen LogP contribution in [0.3, 0.4) is 0 Å². The highest BCUT2D eigenvalue weighted by molar-refractivity contribution is 5.92. The Bertz CT molecular complexity index is 911. The molecule has 0 bridgehead atoms. The van der Waals surface area contributed by atoms with Gasteiger partial charge >= 0.3 is 5.97 Å². The maximum absolute atomic E-state index is 12.7. The van der Waals surface area contributed by atoms with Gasteiger partial charge in [-0.05, 0) is 49.9 Å². The summed E-state index contributed by atoms with van der Waals surface area (Å²) in [4.78, 5) is 52.9.